The van der Waals surface area contributed by atoms with E-state index in [2.05, 4.69) is 25.2 Å². The molecule has 0 aliphatic carbocycles. The molecule has 0 spiro atoms. The van der Waals surface area contributed by atoms with Crippen LogP contribution < -0.4 is 5.32 Å². The normalized spacial score (nSPS) is 9.93. The maximum atomic E-state index is 10.8. The van der Waals surface area contributed by atoms with Gasteiger partial charge in [0, 0.05) is 12.6 Å². The lowest BCUT2D eigenvalue weighted by atomic mass is 10.0. The van der Waals surface area contributed by atoms with Crippen molar-refractivity contribution in [1.29, 1.82) is 0 Å². The molecule has 1 aromatic carbocycles. The van der Waals surface area contributed by atoms with Gasteiger partial charge in [-0.2, -0.15) is 0 Å². The number of carbonyl (C=O) groups excluding carboxylic acids is 1. The summed E-state index contributed by atoms with van der Waals surface area (Å²) in [6.07, 6.45) is 2.26. The Hall–Kier alpha value is -1.31. The second-order valence-corrected chi connectivity index (χ2v) is 3.57. The monoisotopic (exact) mass is 191 g/mol. The molecular weight excluding hydrogens is 174 g/mol. The highest BCUT2D eigenvalue weighted by Crippen LogP contribution is 2.16. The summed E-state index contributed by atoms with van der Waals surface area (Å²) in [6.45, 7) is 5.77. The topological polar surface area (TPSA) is 29.1 Å². The Morgan fingerprint density at radius 2 is 2.14 bits per heavy atom. The maximum absolute atomic E-state index is 10.8. The number of hydrogen-bond acceptors (Lipinski definition) is 1. The standard InChI is InChI=1S/C12H17NO/c1-4-5-11-6-7-12(8-9(11)2)13-10(3)14/h6-8H,4-5H2,1-3H3,(H,13,14). The van der Waals surface area contributed by atoms with Crippen molar-refractivity contribution in [3.8, 4) is 0 Å². The van der Waals surface area contributed by atoms with Gasteiger partial charge in [-0.15, -0.1) is 0 Å². The van der Waals surface area contributed by atoms with E-state index in [-0.39, 0.29) is 5.91 Å². The number of nitrogens with one attached hydrogen (secondary N) is 1. The van der Waals surface area contributed by atoms with Crippen LogP contribution in [-0.2, 0) is 11.2 Å². The van der Waals surface area contributed by atoms with E-state index in [9.17, 15) is 4.79 Å². The van der Waals surface area contributed by atoms with Gasteiger partial charge < -0.3 is 5.32 Å². The van der Waals surface area contributed by atoms with E-state index in [1.165, 1.54) is 18.1 Å². The first kappa shape index (κ1) is 10.8. The Kier molecular flexibility index (Phi) is 3.69. The van der Waals surface area contributed by atoms with Gasteiger partial charge in [-0.05, 0) is 36.6 Å². The highest BCUT2D eigenvalue weighted by atomic mass is 16.1. The van der Waals surface area contributed by atoms with E-state index in [0.717, 1.165) is 18.5 Å². The molecule has 0 aliphatic rings. The SMILES string of the molecule is CCCc1ccc(NC(C)=O)cc1C. The number of amides is 1. The third kappa shape index (κ3) is 2.87. The molecule has 0 heterocycles. The molecule has 1 N–H and O–H groups in total. The van der Waals surface area contributed by atoms with Gasteiger partial charge in [0.05, 0.1) is 0 Å². The second kappa shape index (κ2) is 4.80. The largest absolute Gasteiger partial charge is 0.326 e. The van der Waals surface area contributed by atoms with Crippen molar-refractivity contribution >= 4 is 11.6 Å². The van der Waals surface area contributed by atoms with Crippen LogP contribution in [0.4, 0.5) is 5.69 Å². The summed E-state index contributed by atoms with van der Waals surface area (Å²) < 4.78 is 0. The predicted octanol–water partition coefficient (Wildman–Crippen LogP) is 2.91. The fourth-order valence-electron chi connectivity index (χ4n) is 1.53. The molecule has 76 valence electrons. The summed E-state index contributed by atoms with van der Waals surface area (Å²) in [6, 6.07) is 6.07. The average molecular weight is 191 g/mol. The van der Waals surface area contributed by atoms with Gasteiger partial charge in [-0.25, -0.2) is 0 Å². The molecule has 14 heavy (non-hydrogen) atoms. The highest BCUT2D eigenvalue weighted by molar-refractivity contribution is 5.88. The molecule has 0 aromatic heterocycles. The van der Waals surface area contributed by atoms with Crippen LogP contribution in [0.5, 0.6) is 0 Å². The van der Waals surface area contributed by atoms with Crippen molar-refractivity contribution < 1.29 is 4.79 Å². The Morgan fingerprint density at radius 3 is 2.64 bits per heavy atom. The van der Waals surface area contributed by atoms with Crippen molar-refractivity contribution in [3.05, 3.63) is 29.3 Å². The molecule has 0 saturated heterocycles. The summed E-state index contributed by atoms with van der Waals surface area (Å²) in [5.41, 5.74) is 3.49. The lowest BCUT2D eigenvalue weighted by molar-refractivity contribution is -0.114. The van der Waals surface area contributed by atoms with Gasteiger partial charge >= 0.3 is 0 Å². The van der Waals surface area contributed by atoms with Crippen LogP contribution in [0.3, 0.4) is 0 Å². The zero-order valence-corrected chi connectivity index (χ0v) is 9.05. The molecule has 0 bridgehead atoms. The summed E-state index contributed by atoms with van der Waals surface area (Å²) >= 11 is 0. The zero-order chi connectivity index (χ0) is 10.6. The van der Waals surface area contributed by atoms with Crippen LogP contribution in [0.25, 0.3) is 0 Å². The Balaban J connectivity index is 2.83. The summed E-state index contributed by atoms with van der Waals surface area (Å²) in [7, 11) is 0. The Labute approximate surface area is 85.3 Å². The number of rotatable bonds is 3. The molecular formula is C12H17NO. The lowest BCUT2D eigenvalue weighted by Crippen LogP contribution is -2.06. The molecule has 0 unspecified atom stereocenters. The molecule has 1 aromatic rings. The molecule has 0 radical (unpaired) electrons. The van der Waals surface area contributed by atoms with E-state index >= 15 is 0 Å². The van der Waals surface area contributed by atoms with Gasteiger partial charge in [-0.3, -0.25) is 4.79 Å². The number of aryl methyl sites for hydroxylation is 2. The van der Waals surface area contributed by atoms with Crippen LogP contribution in [0.15, 0.2) is 18.2 Å². The smallest absolute Gasteiger partial charge is 0.221 e. The highest BCUT2D eigenvalue weighted by Gasteiger charge is 2.00. The first-order valence-electron chi connectivity index (χ1n) is 5.00. The van der Waals surface area contributed by atoms with E-state index in [1.807, 2.05) is 12.1 Å². The molecule has 2 nitrogen and oxygen atoms in total. The van der Waals surface area contributed by atoms with Gasteiger partial charge in [0.25, 0.3) is 0 Å². The van der Waals surface area contributed by atoms with Crippen LogP contribution >= 0.6 is 0 Å². The lowest BCUT2D eigenvalue weighted by Gasteiger charge is -2.07. The number of hydrogen-bond donors (Lipinski definition) is 1. The molecule has 0 saturated carbocycles. The van der Waals surface area contributed by atoms with E-state index in [1.54, 1.807) is 0 Å². The van der Waals surface area contributed by atoms with Crippen LogP contribution in [0.1, 0.15) is 31.4 Å². The van der Waals surface area contributed by atoms with Gasteiger partial charge in [0.2, 0.25) is 5.91 Å². The Bertz CT molecular complexity index is 331. The van der Waals surface area contributed by atoms with Crippen molar-refractivity contribution in [3.63, 3.8) is 0 Å². The van der Waals surface area contributed by atoms with Gasteiger partial charge in [0.15, 0.2) is 0 Å². The minimum Gasteiger partial charge on any atom is -0.326 e. The third-order valence-electron chi connectivity index (χ3n) is 2.18. The van der Waals surface area contributed by atoms with E-state index < -0.39 is 0 Å². The second-order valence-electron chi connectivity index (χ2n) is 3.57. The summed E-state index contributed by atoms with van der Waals surface area (Å²) in [5, 5.41) is 2.78. The fraction of sp³-hybridized carbons (Fsp3) is 0.417. The Morgan fingerprint density at radius 1 is 1.43 bits per heavy atom. The van der Waals surface area contributed by atoms with Crippen LogP contribution in [0, 0.1) is 6.92 Å². The zero-order valence-electron chi connectivity index (χ0n) is 9.05. The number of anilines is 1. The van der Waals surface area contributed by atoms with E-state index in [0.29, 0.717) is 0 Å². The molecule has 1 amide bonds. The summed E-state index contributed by atoms with van der Waals surface area (Å²) in [4.78, 5) is 10.8. The van der Waals surface area contributed by atoms with E-state index in [4.69, 9.17) is 0 Å². The minimum absolute atomic E-state index is 0.0207. The van der Waals surface area contributed by atoms with Crippen molar-refractivity contribution in [2.45, 2.75) is 33.6 Å². The number of carbonyl (C=O) groups is 1. The van der Waals surface area contributed by atoms with Crippen molar-refractivity contribution in [1.82, 2.24) is 0 Å². The molecule has 0 atom stereocenters. The minimum atomic E-state index is -0.0207. The summed E-state index contributed by atoms with van der Waals surface area (Å²) in [5.74, 6) is -0.0207. The predicted molar refractivity (Wildman–Crippen MR) is 59.5 cm³/mol. The maximum Gasteiger partial charge on any atom is 0.221 e. The first-order valence-corrected chi connectivity index (χ1v) is 5.00. The number of benzene rings is 1. The molecule has 0 fully saturated rings. The fourth-order valence-corrected chi connectivity index (χ4v) is 1.53. The molecule has 2 heteroatoms. The van der Waals surface area contributed by atoms with Crippen LogP contribution in [0.2, 0.25) is 0 Å². The average Bonchev–Trinajstić information content (AvgIpc) is 2.09. The quantitative estimate of drug-likeness (QED) is 0.782. The molecule has 0 aliphatic heterocycles. The van der Waals surface area contributed by atoms with Gasteiger partial charge in [-0.1, -0.05) is 19.4 Å². The van der Waals surface area contributed by atoms with Crippen molar-refractivity contribution in [2.24, 2.45) is 0 Å². The first-order chi connectivity index (χ1) is 6.63. The molecule has 1 rings (SSSR count). The van der Waals surface area contributed by atoms with Gasteiger partial charge in [0.1, 0.15) is 0 Å². The third-order valence-corrected chi connectivity index (χ3v) is 2.18. The van der Waals surface area contributed by atoms with Crippen LogP contribution in [-0.4, -0.2) is 5.91 Å². The van der Waals surface area contributed by atoms with Crippen molar-refractivity contribution in [2.75, 3.05) is 5.32 Å².